The molecule has 2 rings (SSSR count). The second-order valence-corrected chi connectivity index (χ2v) is 4.99. The van der Waals surface area contributed by atoms with Gasteiger partial charge in [-0.2, -0.15) is 5.26 Å². The first-order valence-electron chi connectivity index (χ1n) is 6.83. The van der Waals surface area contributed by atoms with E-state index in [0.717, 1.165) is 5.56 Å². The van der Waals surface area contributed by atoms with Crippen molar-refractivity contribution >= 4 is 29.9 Å². The van der Waals surface area contributed by atoms with E-state index in [9.17, 15) is 0 Å². The van der Waals surface area contributed by atoms with Crippen LogP contribution < -0.4 is 11.1 Å². The van der Waals surface area contributed by atoms with Crippen molar-refractivity contribution in [1.82, 2.24) is 5.32 Å². The van der Waals surface area contributed by atoms with Gasteiger partial charge in [0.2, 0.25) is 0 Å². The Morgan fingerprint density at radius 3 is 2.80 bits per heavy atom. The molecular formula is C15H21IN4. The van der Waals surface area contributed by atoms with Gasteiger partial charge in [-0.05, 0) is 30.5 Å². The van der Waals surface area contributed by atoms with E-state index in [4.69, 9.17) is 11.0 Å². The normalized spacial score (nSPS) is 16.1. The van der Waals surface area contributed by atoms with Gasteiger partial charge in [0.15, 0.2) is 5.96 Å². The summed E-state index contributed by atoms with van der Waals surface area (Å²) < 4.78 is 0. The van der Waals surface area contributed by atoms with Crippen molar-refractivity contribution in [2.45, 2.75) is 44.7 Å². The Kier molecular flexibility index (Phi) is 7.37. The Bertz CT molecular complexity index is 487. The molecule has 1 aromatic carbocycles. The predicted molar refractivity (Wildman–Crippen MR) is 91.9 cm³/mol. The fourth-order valence-electron chi connectivity index (χ4n) is 2.42. The van der Waals surface area contributed by atoms with Crippen LogP contribution in [-0.4, -0.2) is 12.0 Å². The summed E-state index contributed by atoms with van der Waals surface area (Å²) in [4.78, 5) is 4.34. The fraction of sp³-hybridized carbons (Fsp3) is 0.467. The summed E-state index contributed by atoms with van der Waals surface area (Å²) in [5.41, 5.74) is 7.56. The molecule has 0 atom stereocenters. The Morgan fingerprint density at radius 1 is 1.35 bits per heavy atom. The lowest BCUT2D eigenvalue weighted by Crippen LogP contribution is -2.41. The van der Waals surface area contributed by atoms with Gasteiger partial charge in [-0.1, -0.05) is 31.4 Å². The largest absolute Gasteiger partial charge is 0.370 e. The van der Waals surface area contributed by atoms with Gasteiger partial charge in [0.05, 0.1) is 18.2 Å². The number of guanidine groups is 1. The lowest BCUT2D eigenvalue weighted by molar-refractivity contribution is 0.412. The third-order valence-corrected chi connectivity index (χ3v) is 3.45. The number of nitrogens with one attached hydrogen (secondary N) is 1. The van der Waals surface area contributed by atoms with Crippen LogP contribution in [0.5, 0.6) is 0 Å². The molecule has 1 fully saturated rings. The van der Waals surface area contributed by atoms with Gasteiger partial charge < -0.3 is 11.1 Å². The number of benzene rings is 1. The average Bonchev–Trinajstić information content (AvgIpc) is 2.46. The lowest BCUT2D eigenvalue weighted by atomic mass is 9.96. The van der Waals surface area contributed by atoms with Crippen molar-refractivity contribution in [3.05, 3.63) is 35.4 Å². The Balaban J connectivity index is 0.00000200. The van der Waals surface area contributed by atoms with Gasteiger partial charge >= 0.3 is 0 Å². The highest BCUT2D eigenvalue weighted by atomic mass is 127. The van der Waals surface area contributed by atoms with Crippen molar-refractivity contribution in [2.75, 3.05) is 0 Å². The van der Waals surface area contributed by atoms with Crippen LogP contribution in [0, 0.1) is 11.3 Å². The predicted octanol–water partition coefficient (Wildman–Crippen LogP) is 2.91. The van der Waals surface area contributed by atoms with Crippen LogP contribution in [0.25, 0.3) is 0 Å². The van der Waals surface area contributed by atoms with Crippen LogP contribution in [0.15, 0.2) is 29.3 Å². The molecule has 0 spiro atoms. The maximum Gasteiger partial charge on any atom is 0.189 e. The van der Waals surface area contributed by atoms with E-state index in [1.54, 1.807) is 6.07 Å². The number of hydrogen-bond acceptors (Lipinski definition) is 2. The third kappa shape index (κ3) is 5.37. The molecule has 20 heavy (non-hydrogen) atoms. The maximum absolute atomic E-state index is 8.83. The molecule has 0 saturated heterocycles. The number of halogens is 1. The molecule has 0 aliphatic heterocycles. The van der Waals surface area contributed by atoms with Crippen molar-refractivity contribution in [3.63, 3.8) is 0 Å². The zero-order valence-electron chi connectivity index (χ0n) is 11.5. The van der Waals surface area contributed by atoms with Crippen molar-refractivity contribution < 1.29 is 0 Å². The molecular weight excluding hydrogens is 363 g/mol. The summed E-state index contributed by atoms with van der Waals surface area (Å²) in [6.45, 7) is 0.515. The van der Waals surface area contributed by atoms with Crippen molar-refractivity contribution in [2.24, 2.45) is 10.7 Å². The molecule has 0 radical (unpaired) electrons. The Hall–Kier alpha value is -1.29. The fourth-order valence-corrected chi connectivity index (χ4v) is 2.42. The zero-order chi connectivity index (χ0) is 13.5. The minimum atomic E-state index is 0. The smallest absolute Gasteiger partial charge is 0.189 e. The van der Waals surface area contributed by atoms with E-state index < -0.39 is 0 Å². The van der Waals surface area contributed by atoms with Crippen LogP contribution in [-0.2, 0) is 6.54 Å². The number of hydrogen-bond donors (Lipinski definition) is 2. The van der Waals surface area contributed by atoms with E-state index in [-0.39, 0.29) is 24.0 Å². The molecule has 4 nitrogen and oxygen atoms in total. The molecule has 0 bridgehead atoms. The number of nitrogens with two attached hydrogens (primary N) is 1. The number of aliphatic imine (C=N–C) groups is 1. The molecule has 3 N–H and O–H groups in total. The molecule has 1 aliphatic rings. The van der Waals surface area contributed by atoms with Crippen molar-refractivity contribution in [1.29, 1.82) is 5.26 Å². The average molecular weight is 384 g/mol. The number of nitriles is 1. The van der Waals surface area contributed by atoms with Gasteiger partial charge in [-0.3, -0.25) is 0 Å². The minimum Gasteiger partial charge on any atom is -0.370 e. The monoisotopic (exact) mass is 384 g/mol. The third-order valence-electron chi connectivity index (χ3n) is 3.45. The van der Waals surface area contributed by atoms with Crippen LogP contribution in [0.2, 0.25) is 0 Å². The van der Waals surface area contributed by atoms with Crippen molar-refractivity contribution in [3.8, 4) is 6.07 Å². The molecule has 1 saturated carbocycles. The number of rotatable bonds is 3. The highest BCUT2D eigenvalue weighted by molar-refractivity contribution is 14.0. The topological polar surface area (TPSA) is 74.2 Å². The SMILES string of the molecule is I.N#Cc1cccc(CN=C(N)NC2CCCCC2)c1. The van der Waals surface area contributed by atoms with Gasteiger partial charge in [0, 0.05) is 6.04 Å². The standard InChI is InChI=1S/C15H20N4.HI/c16-10-12-5-4-6-13(9-12)11-18-15(17)19-14-7-2-1-3-8-14;/h4-6,9,14H,1-3,7-8,11H2,(H3,17,18,19);1H. The highest BCUT2D eigenvalue weighted by Crippen LogP contribution is 2.17. The van der Waals surface area contributed by atoms with E-state index in [1.807, 2.05) is 18.2 Å². The first-order valence-corrected chi connectivity index (χ1v) is 6.83. The minimum absolute atomic E-state index is 0. The van der Waals surface area contributed by atoms with Gasteiger partial charge in [-0.15, -0.1) is 24.0 Å². The molecule has 0 aromatic heterocycles. The second kappa shape index (κ2) is 8.80. The molecule has 1 aliphatic carbocycles. The molecule has 1 aromatic rings. The number of nitrogens with zero attached hydrogens (tertiary/aromatic N) is 2. The Labute approximate surface area is 137 Å². The summed E-state index contributed by atoms with van der Waals surface area (Å²) >= 11 is 0. The summed E-state index contributed by atoms with van der Waals surface area (Å²) in [5, 5.41) is 12.1. The molecule has 0 heterocycles. The second-order valence-electron chi connectivity index (χ2n) is 4.99. The maximum atomic E-state index is 8.83. The van der Waals surface area contributed by atoms with Gasteiger partial charge in [0.25, 0.3) is 0 Å². The van der Waals surface area contributed by atoms with E-state index >= 15 is 0 Å². The quantitative estimate of drug-likeness (QED) is 0.478. The van der Waals surface area contributed by atoms with Crippen LogP contribution >= 0.6 is 24.0 Å². The van der Waals surface area contributed by atoms with Gasteiger partial charge in [-0.25, -0.2) is 4.99 Å². The molecule has 0 amide bonds. The summed E-state index contributed by atoms with van der Waals surface area (Å²) in [6.07, 6.45) is 6.24. The van der Waals surface area contributed by atoms with E-state index in [0.29, 0.717) is 24.1 Å². The van der Waals surface area contributed by atoms with Gasteiger partial charge in [0.1, 0.15) is 0 Å². The van der Waals surface area contributed by atoms with E-state index in [2.05, 4.69) is 16.4 Å². The molecule has 108 valence electrons. The summed E-state index contributed by atoms with van der Waals surface area (Å²) in [5.74, 6) is 0.509. The Morgan fingerprint density at radius 2 is 2.10 bits per heavy atom. The first kappa shape index (κ1) is 16.8. The van der Waals surface area contributed by atoms with Crippen LogP contribution in [0.1, 0.15) is 43.2 Å². The van der Waals surface area contributed by atoms with E-state index in [1.165, 1.54) is 32.1 Å². The summed E-state index contributed by atoms with van der Waals surface area (Å²) in [7, 11) is 0. The van der Waals surface area contributed by atoms with Crippen LogP contribution in [0.3, 0.4) is 0 Å². The molecule has 0 unspecified atom stereocenters. The zero-order valence-corrected chi connectivity index (χ0v) is 13.8. The summed E-state index contributed by atoms with van der Waals surface area (Å²) in [6, 6.07) is 10.1. The van der Waals surface area contributed by atoms with Crippen LogP contribution in [0.4, 0.5) is 0 Å². The lowest BCUT2D eigenvalue weighted by Gasteiger charge is -2.23. The first-order chi connectivity index (χ1) is 9.28. The molecule has 5 heteroatoms. The highest BCUT2D eigenvalue weighted by Gasteiger charge is 2.13.